The summed E-state index contributed by atoms with van der Waals surface area (Å²) in [6.45, 7) is 6.05. The van der Waals surface area contributed by atoms with Gasteiger partial charge < -0.3 is 4.90 Å². The smallest absolute Gasteiger partial charge is 0.209 e. The summed E-state index contributed by atoms with van der Waals surface area (Å²) in [5.74, 6) is 0. The Kier molecular flexibility index (Phi) is 6.24. The van der Waals surface area contributed by atoms with Gasteiger partial charge in [0.05, 0.1) is 0 Å². The van der Waals surface area contributed by atoms with Crippen LogP contribution < -0.4 is 0 Å². The first kappa shape index (κ1) is 9.47. The third-order valence-electron chi connectivity index (χ3n) is 1.46. The lowest BCUT2D eigenvalue weighted by Gasteiger charge is -2.14. The van der Waals surface area contributed by atoms with Gasteiger partial charge in [0.2, 0.25) is 6.41 Å². The van der Waals surface area contributed by atoms with E-state index >= 15 is 0 Å². The van der Waals surface area contributed by atoms with Crippen molar-refractivity contribution >= 4 is 6.41 Å². The van der Waals surface area contributed by atoms with Crippen molar-refractivity contribution < 1.29 is 4.79 Å². The Morgan fingerprint density at radius 2 is 1.90 bits per heavy atom. The SMILES string of the molecule is CCCCN(C=O)CCC. The predicted octanol–water partition coefficient (Wildman–Crippen LogP) is 1.65. The molecule has 0 saturated carbocycles. The average Bonchev–Trinajstić information content (AvgIpc) is 1.98. The van der Waals surface area contributed by atoms with E-state index in [1.807, 2.05) is 4.90 Å². The molecule has 0 aromatic heterocycles. The average molecular weight is 143 g/mol. The summed E-state index contributed by atoms with van der Waals surface area (Å²) in [4.78, 5) is 12.2. The fourth-order valence-corrected chi connectivity index (χ4v) is 0.866. The lowest BCUT2D eigenvalue weighted by atomic mass is 10.3. The molecular weight excluding hydrogens is 126 g/mol. The first-order chi connectivity index (χ1) is 4.85. The van der Waals surface area contributed by atoms with Crippen LogP contribution >= 0.6 is 0 Å². The molecule has 2 nitrogen and oxygen atoms in total. The fraction of sp³-hybridized carbons (Fsp3) is 0.875. The van der Waals surface area contributed by atoms with E-state index in [4.69, 9.17) is 0 Å². The van der Waals surface area contributed by atoms with Crippen molar-refractivity contribution in [3.05, 3.63) is 0 Å². The highest BCUT2D eigenvalue weighted by Gasteiger charge is 1.96. The third-order valence-corrected chi connectivity index (χ3v) is 1.46. The molecule has 2 heteroatoms. The highest BCUT2D eigenvalue weighted by atomic mass is 16.1. The molecule has 0 unspecified atom stereocenters. The summed E-state index contributed by atoms with van der Waals surface area (Å²) < 4.78 is 0. The van der Waals surface area contributed by atoms with Gasteiger partial charge >= 0.3 is 0 Å². The minimum atomic E-state index is 0.906. The molecule has 0 aliphatic carbocycles. The van der Waals surface area contributed by atoms with Crippen LogP contribution in [0.4, 0.5) is 0 Å². The molecule has 0 spiro atoms. The van der Waals surface area contributed by atoms with E-state index in [1.54, 1.807) is 0 Å². The summed E-state index contributed by atoms with van der Waals surface area (Å²) in [5, 5.41) is 0. The largest absolute Gasteiger partial charge is 0.345 e. The second-order valence-electron chi connectivity index (χ2n) is 2.49. The third kappa shape index (κ3) is 4.36. The first-order valence-electron chi connectivity index (χ1n) is 4.04. The van der Waals surface area contributed by atoms with Gasteiger partial charge in [-0.2, -0.15) is 0 Å². The monoisotopic (exact) mass is 143 g/mol. The highest BCUT2D eigenvalue weighted by Crippen LogP contribution is 1.92. The fourth-order valence-electron chi connectivity index (χ4n) is 0.866. The first-order valence-corrected chi connectivity index (χ1v) is 4.04. The van der Waals surface area contributed by atoms with E-state index in [0.29, 0.717) is 0 Å². The number of nitrogens with zero attached hydrogens (tertiary/aromatic N) is 1. The van der Waals surface area contributed by atoms with Crippen molar-refractivity contribution in [2.75, 3.05) is 13.1 Å². The molecule has 0 aliphatic rings. The van der Waals surface area contributed by atoms with Crippen molar-refractivity contribution in [1.82, 2.24) is 4.90 Å². The lowest BCUT2D eigenvalue weighted by Crippen LogP contribution is -2.23. The molecule has 0 aromatic carbocycles. The molecule has 0 rings (SSSR count). The normalized spacial score (nSPS) is 9.40. The van der Waals surface area contributed by atoms with Crippen LogP contribution in [0, 0.1) is 0 Å². The number of carbonyl (C=O) groups is 1. The number of amides is 1. The number of hydrogen-bond acceptors (Lipinski definition) is 1. The maximum Gasteiger partial charge on any atom is 0.209 e. The molecule has 0 heterocycles. The minimum absolute atomic E-state index is 0.906. The van der Waals surface area contributed by atoms with Gasteiger partial charge in [-0.25, -0.2) is 0 Å². The van der Waals surface area contributed by atoms with Crippen molar-refractivity contribution in [3.8, 4) is 0 Å². The van der Waals surface area contributed by atoms with Crippen LogP contribution in [0.5, 0.6) is 0 Å². The van der Waals surface area contributed by atoms with Crippen LogP contribution in [0.3, 0.4) is 0 Å². The van der Waals surface area contributed by atoms with Crippen LogP contribution in [0.25, 0.3) is 0 Å². The zero-order valence-corrected chi connectivity index (χ0v) is 6.97. The number of rotatable bonds is 6. The Balaban J connectivity index is 3.29. The number of unbranched alkanes of at least 4 members (excludes halogenated alkanes) is 1. The van der Waals surface area contributed by atoms with Crippen molar-refractivity contribution in [3.63, 3.8) is 0 Å². The van der Waals surface area contributed by atoms with Crippen molar-refractivity contribution in [1.29, 1.82) is 0 Å². The molecule has 0 fully saturated rings. The summed E-state index contributed by atoms with van der Waals surface area (Å²) in [6.07, 6.45) is 4.29. The zero-order chi connectivity index (χ0) is 7.82. The molecule has 1 amide bonds. The van der Waals surface area contributed by atoms with E-state index in [-0.39, 0.29) is 0 Å². The van der Waals surface area contributed by atoms with Crippen LogP contribution in [0.1, 0.15) is 33.1 Å². The van der Waals surface area contributed by atoms with Crippen molar-refractivity contribution in [2.45, 2.75) is 33.1 Å². The molecule has 0 aromatic rings. The molecule has 0 N–H and O–H groups in total. The van der Waals surface area contributed by atoms with Crippen molar-refractivity contribution in [2.24, 2.45) is 0 Å². The van der Waals surface area contributed by atoms with Gasteiger partial charge in [-0.05, 0) is 12.8 Å². The number of carbonyl (C=O) groups excluding carboxylic acids is 1. The second-order valence-corrected chi connectivity index (χ2v) is 2.49. The van der Waals surface area contributed by atoms with E-state index < -0.39 is 0 Å². The molecule has 0 bridgehead atoms. The minimum Gasteiger partial charge on any atom is -0.345 e. The van der Waals surface area contributed by atoms with Gasteiger partial charge in [-0.3, -0.25) is 4.79 Å². The van der Waals surface area contributed by atoms with E-state index in [0.717, 1.165) is 38.8 Å². The molecule has 0 atom stereocenters. The van der Waals surface area contributed by atoms with Gasteiger partial charge in [0.1, 0.15) is 0 Å². The molecule has 0 saturated heterocycles. The Morgan fingerprint density at radius 1 is 1.20 bits per heavy atom. The van der Waals surface area contributed by atoms with Gasteiger partial charge in [0, 0.05) is 13.1 Å². The Hall–Kier alpha value is -0.530. The molecule has 0 aliphatic heterocycles. The van der Waals surface area contributed by atoms with Crippen LogP contribution in [-0.4, -0.2) is 24.4 Å². The van der Waals surface area contributed by atoms with Crippen LogP contribution in [-0.2, 0) is 4.79 Å². The maximum atomic E-state index is 10.3. The Bertz CT molecular complexity index is 83.3. The standard InChI is InChI=1S/C8H17NO/c1-3-5-7-9(8-10)6-4-2/h8H,3-7H2,1-2H3. The van der Waals surface area contributed by atoms with Gasteiger partial charge in [-0.15, -0.1) is 0 Å². The van der Waals surface area contributed by atoms with Gasteiger partial charge in [0.25, 0.3) is 0 Å². The Morgan fingerprint density at radius 3 is 2.30 bits per heavy atom. The highest BCUT2D eigenvalue weighted by molar-refractivity contribution is 5.46. The summed E-state index contributed by atoms with van der Waals surface area (Å²) in [5.41, 5.74) is 0. The number of hydrogen-bond donors (Lipinski definition) is 0. The topological polar surface area (TPSA) is 20.3 Å². The zero-order valence-electron chi connectivity index (χ0n) is 6.97. The molecule has 0 radical (unpaired) electrons. The lowest BCUT2D eigenvalue weighted by molar-refractivity contribution is -0.118. The summed E-state index contributed by atoms with van der Waals surface area (Å²) in [6, 6.07) is 0. The molecule has 10 heavy (non-hydrogen) atoms. The van der Waals surface area contributed by atoms with E-state index in [9.17, 15) is 4.79 Å². The quantitative estimate of drug-likeness (QED) is 0.518. The predicted molar refractivity (Wildman–Crippen MR) is 42.8 cm³/mol. The van der Waals surface area contributed by atoms with Gasteiger partial charge in [0.15, 0.2) is 0 Å². The summed E-state index contributed by atoms with van der Waals surface area (Å²) >= 11 is 0. The summed E-state index contributed by atoms with van der Waals surface area (Å²) in [7, 11) is 0. The maximum absolute atomic E-state index is 10.3. The van der Waals surface area contributed by atoms with E-state index in [1.165, 1.54) is 0 Å². The Labute approximate surface area is 63.2 Å². The molecule has 60 valence electrons. The second kappa shape index (κ2) is 6.59. The van der Waals surface area contributed by atoms with Crippen LogP contribution in [0.2, 0.25) is 0 Å². The van der Waals surface area contributed by atoms with Gasteiger partial charge in [-0.1, -0.05) is 20.3 Å². The van der Waals surface area contributed by atoms with Crippen LogP contribution in [0.15, 0.2) is 0 Å². The van der Waals surface area contributed by atoms with E-state index in [2.05, 4.69) is 13.8 Å². The molecular formula is C8H17NO.